The van der Waals surface area contributed by atoms with Gasteiger partial charge in [0.25, 0.3) is 0 Å². The van der Waals surface area contributed by atoms with Crippen molar-refractivity contribution in [3.8, 4) is 0 Å². The van der Waals surface area contributed by atoms with E-state index in [1.54, 1.807) is 0 Å². The Kier molecular flexibility index (Phi) is 5.86. The molecular formula is C15H24N2O. The first-order chi connectivity index (χ1) is 8.59. The molecule has 3 nitrogen and oxygen atoms in total. The molecule has 3 heteroatoms. The fourth-order valence-corrected chi connectivity index (χ4v) is 1.77. The van der Waals surface area contributed by atoms with Crippen LogP contribution < -0.4 is 11.1 Å². The monoisotopic (exact) mass is 248 g/mol. The molecule has 0 atom stereocenters. The van der Waals surface area contributed by atoms with Gasteiger partial charge < -0.3 is 11.1 Å². The van der Waals surface area contributed by atoms with Gasteiger partial charge in [-0.2, -0.15) is 0 Å². The molecule has 0 saturated heterocycles. The van der Waals surface area contributed by atoms with Crippen LogP contribution in [-0.2, 0) is 11.2 Å². The molecule has 1 aromatic rings. The van der Waals surface area contributed by atoms with E-state index in [9.17, 15) is 4.79 Å². The first-order valence-electron chi connectivity index (χ1n) is 6.69. The molecule has 0 heterocycles. The van der Waals surface area contributed by atoms with Gasteiger partial charge in [0.2, 0.25) is 5.91 Å². The summed E-state index contributed by atoms with van der Waals surface area (Å²) in [4.78, 5) is 11.7. The number of benzene rings is 1. The molecule has 0 radical (unpaired) electrons. The topological polar surface area (TPSA) is 55.1 Å². The smallest absolute Gasteiger partial charge is 0.220 e. The standard InChI is InChI=1S/C15H24N2O/c1-3-15(16,4-2)12-17-14(18)11-10-13-8-6-5-7-9-13/h5-9H,3-4,10-12,16H2,1-2H3,(H,17,18). The van der Waals surface area contributed by atoms with E-state index in [2.05, 4.69) is 19.2 Å². The van der Waals surface area contributed by atoms with E-state index in [0.717, 1.165) is 19.3 Å². The van der Waals surface area contributed by atoms with Gasteiger partial charge in [-0.05, 0) is 24.8 Å². The van der Waals surface area contributed by atoms with Crippen LogP contribution in [-0.4, -0.2) is 18.0 Å². The number of nitrogens with one attached hydrogen (secondary N) is 1. The van der Waals surface area contributed by atoms with Crippen LogP contribution in [0.15, 0.2) is 30.3 Å². The minimum atomic E-state index is -0.262. The second-order valence-electron chi connectivity index (χ2n) is 4.83. The second-order valence-corrected chi connectivity index (χ2v) is 4.83. The number of hydrogen-bond acceptors (Lipinski definition) is 2. The van der Waals surface area contributed by atoms with Crippen LogP contribution in [0.3, 0.4) is 0 Å². The van der Waals surface area contributed by atoms with Gasteiger partial charge in [0.05, 0.1) is 0 Å². The highest BCUT2D eigenvalue weighted by molar-refractivity contribution is 5.76. The van der Waals surface area contributed by atoms with E-state index in [1.165, 1.54) is 5.56 Å². The van der Waals surface area contributed by atoms with E-state index in [0.29, 0.717) is 13.0 Å². The molecule has 0 aliphatic carbocycles. The zero-order chi connectivity index (χ0) is 13.4. The van der Waals surface area contributed by atoms with E-state index in [4.69, 9.17) is 5.73 Å². The normalized spacial score (nSPS) is 11.3. The molecule has 18 heavy (non-hydrogen) atoms. The minimum absolute atomic E-state index is 0.0792. The molecule has 1 rings (SSSR count). The molecule has 1 amide bonds. The first-order valence-corrected chi connectivity index (χ1v) is 6.69. The molecule has 0 fully saturated rings. The van der Waals surface area contributed by atoms with Gasteiger partial charge in [-0.1, -0.05) is 44.2 Å². The van der Waals surface area contributed by atoms with Crippen LogP contribution in [0.2, 0.25) is 0 Å². The van der Waals surface area contributed by atoms with E-state index >= 15 is 0 Å². The highest BCUT2D eigenvalue weighted by Crippen LogP contribution is 2.09. The van der Waals surface area contributed by atoms with Crippen molar-refractivity contribution in [3.63, 3.8) is 0 Å². The number of nitrogens with two attached hydrogens (primary N) is 1. The highest BCUT2D eigenvalue weighted by Gasteiger charge is 2.20. The number of aryl methyl sites for hydroxylation is 1. The summed E-state index contributed by atoms with van der Waals surface area (Å²) in [5, 5.41) is 2.93. The van der Waals surface area contributed by atoms with Crippen LogP contribution in [0, 0.1) is 0 Å². The van der Waals surface area contributed by atoms with Gasteiger partial charge in [-0.15, -0.1) is 0 Å². The summed E-state index contributed by atoms with van der Waals surface area (Å²) >= 11 is 0. The summed E-state index contributed by atoms with van der Waals surface area (Å²) < 4.78 is 0. The predicted octanol–water partition coefficient (Wildman–Crippen LogP) is 2.25. The van der Waals surface area contributed by atoms with Gasteiger partial charge in [0.15, 0.2) is 0 Å². The second kappa shape index (κ2) is 7.17. The van der Waals surface area contributed by atoms with Crippen molar-refractivity contribution in [1.82, 2.24) is 5.32 Å². The van der Waals surface area contributed by atoms with E-state index < -0.39 is 0 Å². The third-order valence-corrected chi connectivity index (χ3v) is 3.53. The van der Waals surface area contributed by atoms with Crippen molar-refractivity contribution in [2.45, 2.75) is 45.1 Å². The fraction of sp³-hybridized carbons (Fsp3) is 0.533. The zero-order valence-electron chi connectivity index (χ0n) is 11.4. The lowest BCUT2D eigenvalue weighted by Gasteiger charge is -2.26. The number of carbonyl (C=O) groups is 1. The zero-order valence-corrected chi connectivity index (χ0v) is 11.4. The van der Waals surface area contributed by atoms with Crippen molar-refractivity contribution in [1.29, 1.82) is 0 Å². The average molecular weight is 248 g/mol. The van der Waals surface area contributed by atoms with Crippen LogP contribution in [0.4, 0.5) is 0 Å². The predicted molar refractivity (Wildman–Crippen MR) is 75.3 cm³/mol. The molecule has 100 valence electrons. The van der Waals surface area contributed by atoms with Crippen LogP contribution >= 0.6 is 0 Å². The van der Waals surface area contributed by atoms with Crippen LogP contribution in [0.1, 0.15) is 38.7 Å². The molecule has 1 aromatic carbocycles. The van der Waals surface area contributed by atoms with Gasteiger partial charge in [-0.3, -0.25) is 4.79 Å². The van der Waals surface area contributed by atoms with Gasteiger partial charge in [0.1, 0.15) is 0 Å². The lowest BCUT2D eigenvalue weighted by Crippen LogP contribution is -2.49. The van der Waals surface area contributed by atoms with Crippen molar-refractivity contribution in [3.05, 3.63) is 35.9 Å². The first kappa shape index (κ1) is 14.7. The van der Waals surface area contributed by atoms with Crippen LogP contribution in [0.5, 0.6) is 0 Å². The summed E-state index contributed by atoms with van der Waals surface area (Å²) in [5.74, 6) is 0.0792. The minimum Gasteiger partial charge on any atom is -0.354 e. The number of hydrogen-bond donors (Lipinski definition) is 2. The summed E-state index contributed by atoms with van der Waals surface area (Å²) in [6.45, 7) is 4.67. The largest absolute Gasteiger partial charge is 0.354 e. The van der Waals surface area contributed by atoms with E-state index in [-0.39, 0.29) is 11.4 Å². The Labute approximate surface area is 110 Å². The highest BCUT2D eigenvalue weighted by atomic mass is 16.1. The molecule has 3 N–H and O–H groups in total. The molecular weight excluding hydrogens is 224 g/mol. The molecule has 0 aromatic heterocycles. The lowest BCUT2D eigenvalue weighted by molar-refractivity contribution is -0.121. The lowest BCUT2D eigenvalue weighted by atomic mass is 9.94. The SMILES string of the molecule is CCC(N)(CC)CNC(=O)CCc1ccccc1. The molecule has 0 unspecified atom stereocenters. The summed E-state index contributed by atoms with van der Waals surface area (Å²) in [7, 11) is 0. The van der Waals surface area contributed by atoms with Crippen molar-refractivity contribution in [2.75, 3.05) is 6.54 Å². The van der Waals surface area contributed by atoms with E-state index in [1.807, 2.05) is 30.3 Å². The Balaban J connectivity index is 2.30. The van der Waals surface area contributed by atoms with Gasteiger partial charge >= 0.3 is 0 Å². The number of carbonyl (C=O) groups excluding carboxylic acids is 1. The Hall–Kier alpha value is -1.35. The van der Waals surface area contributed by atoms with Gasteiger partial charge in [0, 0.05) is 18.5 Å². The summed E-state index contributed by atoms with van der Waals surface area (Å²) in [6, 6.07) is 10.0. The third-order valence-electron chi connectivity index (χ3n) is 3.53. The van der Waals surface area contributed by atoms with Crippen LogP contribution in [0.25, 0.3) is 0 Å². The Morgan fingerprint density at radius 2 is 1.83 bits per heavy atom. The summed E-state index contributed by atoms with van der Waals surface area (Å²) in [6.07, 6.45) is 3.06. The molecule has 0 aliphatic rings. The molecule has 0 saturated carbocycles. The third kappa shape index (κ3) is 4.88. The number of amides is 1. The van der Waals surface area contributed by atoms with Crippen molar-refractivity contribution >= 4 is 5.91 Å². The number of rotatable bonds is 7. The Bertz CT molecular complexity index is 358. The Morgan fingerprint density at radius 1 is 1.22 bits per heavy atom. The fourth-order valence-electron chi connectivity index (χ4n) is 1.77. The maximum Gasteiger partial charge on any atom is 0.220 e. The average Bonchev–Trinajstić information content (AvgIpc) is 2.43. The maximum absolute atomic E-state index is 11.7. The molecule has 0 spiro atoms. The quantitative estimate of drug-likeness (QED) is 0.777. The maximum atomic E-state index is 11.7. The Morgan fingerprint density at radius 3 is 2.39 bits per heavy atom. The van der Waals surface area contributed by atoms with Crippen molar-refractivity contribution < 1.29 is 4.79 Å². The van der Waals surface area contributed by atoms with Crippen molar-refractivity contribution in [2.24, 2.45) is 5.73 Å². The molecule has 0 bridgehead atoms. The summed E-state index contributed by atoms with van der Waals surface area (Å²) in [5.41, 5.74) is 7.07. The molecule has 0 aliphatic heterocycles. The van der Waals surface area contributed by atoms with Gasteiger partial charge in [-0.25, -0.2) is 0 Å².